The van der Waals surface area contributed by atoms with Crippen LogP contribution < -0.4 is 10.1 Å². The van der Waals surface area contributed by atoms with E-state index in [1.807, 2.05) is 25.1 Å². The van der Waals surface area contributed by atoms with Gasteiger partial charge in [0.2, 0.25) is 0 Å². The quantitative estimate of drug-likeness (QED) is 0.815. The molecule has 0 saturated carbocycles. The molecular weight excluding hydrogens is 340 g/mol. The Balaban J connectivity index is 1.74. The number of carbonyl (C=O) groups excluding carboxylic acids is 1. The Morgan fingerprint density at radius 2 is 1.85 bits per heavy atom. The number of hydrogen-bond acceptors (Lipinski definition) is 4. The number of benzene rings is 2. The number of amides is 1. The summed E-state index contributed by atoms with van der Waals surface area (Å²) in [5.41, 5.74) is 3.01. The summed E-state index contributed by atoms with van der Waals surface area (Å²) < 4.78 is 11.1. The summed E-state index contributed by atoms with van der Waals surface area (Å²) in [4.78, 5) is 15.2. The molecule has 0 bridgehead atoms. The smallest absolute Gasteiger partial charge is 0.255 e. The van der Waals surface area contributed by atoms with E-state index in [4.69, 9.17) is 9.47 Å². The maximum absolute atomic E-state index is 12.8. The number of hydrogen-bond donors (Lipinski definition) is 1. The van der Waals surface area contributed by atoms with E-state index in [0.717, 1.165) is 26.3 Å². The minimum Gasteiger partial charge on any atom is -0.493 e. The molecule has 27 heavy (non-hydrogen) atoms. The van der Waals surface area contributed by atoms with Gasteiger partial charge in [0, 0.05) is 19.6 Å². The molecule has 5 heteroatoms. The fourth-order valence-electron chi connectivity index (χ4n) is 3.36. The molecule has 0 spiro atoms. The van der Waals surface area contributed by atoms with Crippen molar-refractivity contribution < 1.29 is 14.3 Å². The van der Waals surface area contributed by atoms with Gasteiger partial charge in [-0.25, -0.2) is 0 Å². The highest BCUT2D eigenvalue weighted by Crippen LogP contribution is 2.23. The molecule has 2 aromatic carbocycles. The van der Waals surface area contributed by atoms with Crippen LogP contribution in [0.1, 0.15) is 34.5 Å². The summed E-state index contributed by atoms with van der Waals surface area (Å²) in [5, 5.41) is 3.11. The van der Waals surface area contributed by atoms with Crippen LogP contribution in [0.2, 0.25) is 0 Å². The highest BCUT2D eigenvalue weighted by molar-refractivity contribution is 5.96. The van der Waals surface area contributed by atoms with Crippen LogP contribution in [0.5, 0.6) is 5.75 Å². The van der Waals surface area contributed by atoms with Crippen LogP contribution >= 0.6 is 0 Å². The van der Waals surface area contributed by atoms with Crippen molar-refractivity contribution in [1.29, 1.82) is 0 Å². The fourth-order valence-corrected chi connectivity index (χ4v) is 3.36. The van der Waals surface area contributed by atoms with Crippen LogP contribution in [0.3, 0.4) is 0 Å². The van der Waals surface area contributed by atoms with Gasteiger partial charge < -0.3 is 14.8 Å². The summed E-state index contributed by atoms with van der Waals surface area (Å²) in [7, 11) is 0. The maximum atomic E-state index is 12.8. The van der Waals surface area contributed by atoms with Crippen molar-refractivity contribution in [3.63, 3.8) is 0 Å². The molecular formula is C22H28N2O3. The molecule has 1 amide bonds. The zero-order chi connectivity index (χ0) is 19.1. The number of aryl methyl sites for hydroxylation is 1. The van der Waals surface area contributed by atoms with Crippen molar-refractivity contribution in [1.82, 2.24) is 10.2 Å². The average molecular weight is 368 g/mol. The zero-order valence-corrected chi connectivity index (χ0v) is 16.1. The first kappa shape index (κ1) is 19.4. The molecule has 2 aromatic rings. The van der Waals surface area contributed by atoms with E-state index in [2.05, 4.69) is 41.4 Å². The molecule has 5 nitrogen and oxygen atoms in total. The standard InChI is InChI=1S/C22H28N2O3/c1-3-27-21-7-5-4-6-19(21)22(25)23-16-20(24-12-14-26-15-13-24)18-10-8-17(2)9-11-18/h4-11,20H,3,12-16H2,1-2H3,(H,23,25). The SMILES string of the molecule is CCOc1ccccc1C(=O)NCC(c1ccc(C)cc1)N1CCOCC1. The summed E-state index contributed by atoms with van der Waals surface area (Å²) >= 11 is 0. The normalized spacial score (nSPS) is 15.9. The van der Waals surface area contributed by atoms with Crippen LogP contribution in [-0.2, 0) is 4.74 Å². The van der Waals surface area contributed by atoms with Crippen molar-refractivity contribution in [2.75, 3.05) is 39.5 Å². The fraction of sp³-hybridized carbons (Fsp3) is 0.409. The van der Waals surface area contributed by atoms with E-state index in [1.54, 1.807) is 6.07 Å². The number of nitrogens with one attached hydrogen (secondary N) is 1. The lowest BCUT2D eigenvalue weighted by Gasteiger charge is -2.35. The summed E-state index contributed by atoms with van der Waals surface area (Å²) in [6.07, 6.45) is 0. The van der Waals surface area contributed by atoms with Gasteiger partial charge in [0.05, 0.1) is 31.4 Å². The van der Waals surface area contributed by atoms with Crippen molar-refractivity contribution in [2.45, 2.75) is 19.9 Å². The summed E-state index contributed by atoms with van der Waals surface area (Å²) in [6.45, 7) is 8.26. The molecule has 1 fully saturated rings. The monoisotopic (exact) mass is 368 g/mol. The van der Waals surface area contributed by atoms with Crippen LogP contribution in [0.4, 0.5) is 0 Å². The Morgan fingerprint density at radius 3 is 2.56 bits per heavy atom. The number of carbonyl (C=O) groups is 1. The highest BCUT2D eigenvalue weighted by Gasteiger charge is 2.24. The van der Waals surface area contributed by atoms with E-state index < -0.39 is 0 Å². The lowest BCUT2D eigenvalue weighted by molar-refractivity contribution is 0.0162. The molecule has 0 aromatic heterocycles. The minimum absolute atomic E-state index is 0.107. The molecule has 1 aliphatic heterocycles. The van der Waals surface area contributed by atoms with Gasteiger partial charge in [-0.15, -0.1) is 0 Å². The minimum atomic E-state index is -0.107. The largest absolute Gasteiger partial charge is 0.493 e. The van der Waals surface area contributed by atoms with Crippen molar-refractivity contribution in [2.24, 2.45) is 0 Å². The predicted octanol–water partition coefficient (Wildman–Crippen LogP) is 3.20. The molecule has 0 radical (unpaired) electrons. The number of rotatable bonds is 7. The number of morpholine rings is 1. The Kier molecular flexibility index (Phi) is 6.85. The second-order valence-electron chi connectivity index (χ2n) is 6.71. The van der Waals surface area contributed by atoms with Crippen LogP contribution in [0.25, 0.3) is 0 Å². The molecule has 1 N–H and O–H groups in total. The number of ether oxygens (including phenoxy) is 2. The lowest BCUT2D eigenvalue weighted by atomic mass is 10.0. The van der Waals surface area contributed by atoms with Gasteiger partial charge in [0.25, 0.3) is 5.91 Å². The van der Waals surface area contributed by atoms with Crippen molar-refractivity contribution >= 4 is 5.91 Å². The Hall–Kier alpha value is -2.37. The van der Waals surface area contributed by atoms with Crippen LogP contribution in [0, 0.1) is 6.92 Å². The van der Waals surface area contributed by atoms with Gasteiger partial charge in [0.1, 0.15) is 5.75 Å². The summed E-state index contributed by atoms with van der Waals surface area (Å²) in [5.74, 6) is 0.514. The van der Waals surface area contributed by atoms with Crippen molar-refractivity contribution in [3.8, 4) is 5.75 Å². The number of nitrogens with zero attached hydrogens (tertiary/aromatic N) is 1. The molecule has 1 aliphatic rings. The molecule has 1 saturated heterocycles. The van der Waals surface area contributed by atoms with Gasteiger partial charge in [-0.1, -0.05) is 42.0 Å². The van der Waals surface area contributed by atoms with E-state index in [0.29, 0.717) is 24.5 Å². The van der Waals surface area contributed by atoms with Gasteiger partial charge in [-0.3, -0.25) is 9.69 Å². The van der Waals surface area contributed by atoms with E-state index in [9.17, 15) is 4.79 Å². The average Bonchev–Trinajstić information content (AvgIpc) is 2.71. The molecule has 144 valence electrons. The van der Waals surface area contributed by atoms with Gasteiger partial charge in [-0.2, -0.15) is 0 Å². The van der Waals surface area contributed by atoms with Crippen molar-refractivity contribution in [3.05, 3.63) is 65.2 Å². The second-order valence-corrected chi connectivity index (χ2v) is 6.71. The van der Waals surface area contributed by atoms with Crippen LogP contribution in [0.15, 0.2) is 48.5 Å². The second kappa shape index (κ2) is 9.53. The molecule has 0 aliphatic carbocycles. The first-order chi connectivity index (χ1) is 13.2. The Labute approximate surface area is 161 Å². The van der Waals surface area contributed by atoms with E-state index >= 15 is 0 Å². The van der Waals surface area contributed by atoms with E-state index in [1.165, 1.54) is 11.1 Å². The zero-order valence-electron chi connectivity index (χ0n) is 16.1. The Morgan fingerprint density at radius 1 is 1.15 bits per heavy atom. The number of para-hydroxylation sites is 1. The molecule has 1 unspecified atom stereocenters. The topological polar surface area (TPSA) is 50.8 Å². The maximum Gasteiger partial charge on any atom is 0.255 e. The predicted molar refractivity (Wildman–Crippen MR) is 106 cm³/mol. The first-order valence-electron chi connectivity index (χ1n) is 9.57. The Bertz CT molecular complexity index is 739. The third-order valence-corrected chi connectivity index (χ3v) is 4.84. The van der Waals surface area contributed by atoms with Crippen LogP contribution in [-0.4, -0.2) is 50.3 Å². The molecule has 3 rings (SSSR count). The third kappa shape index (κ3) is 5.08. The molecule has 1 heterocycles. The van der Waals surface area contributed by atoms with Gasteiger partial charge in [0.15, 0.2) is 0 Å². The van der Waals surface area contributed by atoms with E-state index in [-0.39, 0.29) is 11.9 Å². The lowest BCUT2D eigenvalue weighted by Crippen LogP contribution is -2.43. The highest BCUT2D eigenvalue weighted by atomic mass is 16.5. The third-order valence-electron chi connectivity index (χ3n) is 4.84. The van der Waals surface area contributed by atoms with Gasteiger partial charge >= 0.3 is 0 Å². The first-order valence-corrected chi connectivity index (χ1v) is 9.57. The summed E-state index contributed by atoms with van der Waals surface area (Å²) in [6, 6.07) is 16.0. The van der Waals surface area contributed by atoms with Gasteiger partial charge in [-0.05, 0) is 31.5 Å². The molecule has 1 atom stereocenters.